The Hall–Kier alpha value is -3.41. The van der Waals surface area contributed by atoms with Crippen molar-refractivity contribution in [2.24, 2.45) is 0 Å². The van der Waals surface area contributed by atoms with E-state index in [0.717, 1.165) is 41.5 Å². The first-order valence-corrected chi connectivity index (χ1v) is 10.8. The second kappa shape index (κ2) is 9.60. The molecule has 0 unspecified atom stereocenters. The van der Waals surface area contributed by atoms with E-state index in [4.69, 9.17) is 4.74 Å². The highest BCUT2D eigenvalue weighted by molar-refractivity contribution is 5.79. The lowest BCUT2D eigenvalue weighted by molar-refractivity contribution is -0.130. The van der Waals surface area contributed by atoms with Crippen molar-refractivity contribution in [3.63, 3.8) is 0 Å². The molecule has 0 N–H and O–H groups in total. The van der Waals surface area contributed by atoms with E-state index in [-0.39, 0.29) is 5.91 Å². The number of hydrogen-bond donors (Lipinski definition) is 0. The number of aryl methyl sites for hydroxylation is 1. The van der Waals surface area contributed by atoms with Gasteiger partial charge in [-0.15, -0.1) is 0 Å². The zero-order valence-corrected chi connectivity index (χ0v) is 18.1. The van der Waals surface area contributed by atoms with Gasteiger partial charge in [0.05, 0.1) is 18.7 Å². The summed E-state index contributed by atoms with van der Waals surface area (Å²) < 4.78 is 5.51. The van der Waals surface area contributed by atoms with E-state index in [0.29, 0.717) is 26.1 Å². The molecule has 160 valence electrons. The highest BCUT2D eigenvalue weighted by Gasteiger charge is 2.22. The summed E-state index contributed by atoms with van der Waals surface area (Å²) in [5.74, 6) is 1.93. The number of benzene rings is 2. The number of carbonyl (C=O) groups excluding carboxylic acids is 1. The monoisotopic (exact) mass is 416 g/mol. The maximum atomic E-state index is 12.7. The number of piperazine rings is 1. The van der Waals surface area contributed by atoms with E-state index in [1.54, 1.807) is 6.33 Å². The van der Waals surface area contributed by atoms with Crippen molar-refractivity contribution in [3.05, 3.63) is 72.1 Å². The van der Waals surface area contributed by atoms with Gasteiger partial charge in [0.2, 0.25) is 5.91 Å². The summed E-state index contributed by atoms with van der Waals surface area (Å²) in [6.45, 7) is 7.61. The molecule has 2 aromatic carbocycles. The summed E-state index contributed by atoms with van der Waals surface area (Å²) in [5.41, 5.74) is 4.18. The number of anilines is 1. The van der Waals surface area contributed by atoms with E-state index in [2.05, 4.69) is 33.9 Å². The van der Waals surface area contributed by atoms with E-state index < -0.39 is 0 Å². The van der Waals surface area contributed by atoms with Crippen LogP contribution in [0.25, 0.3) is 11.3 Å². The molecule has 0 saturated carbocycles. The number of nitrogens with zero attached hydrogens (tertiary/aromatic N) is 4. The van der Waals surface area contributed by atoms with Crippen LogP contribution in [0.5, 0.6) is 5.75 Å². The van der Waals surface area contributed by atoms with Crippen molar-refractivity contribution in [1.29, 1.82) is 0 Å². The Balaban J connectivity index is 1.37. The molecule has 0 bridgehead atoms. The fraction of sp³-hybridized carbons (Fsp3) is 0.320. The molecule has 4 rings (SSSR count). The minimum Gasteiger partial charge on any atom is -0.494 e. The van der Waals surface area contributed by atoms with Crippen LogP contribution in [0.1, 0.15) is 18.1 Å². The molecule has 2 heterocycles. The number of hydrogen-bond acceptors (Lipinski definition) is 5. The predicted octanol–water partition coefficient (Wildman–Crippen LogP) is 3.74. The van der Waals surface area contributed by atoms with Crippen molar-refractivity contribution in [2.75, 3.05) is 37.7 Å². The van der Waals surface area contributed by atoms with Crippen molar-refractivity contribution < 1.29 is 9.53 Å². The number of carbonyl (C=O) groups is 1. The maximum Gasteiger partial charge on any atom is 0.227 e. The number of rotatable bonds is 6. The Labute approximate surface area is 183 Å². The SMILES string of the molecule is CCOc1ccc(-c2cc(N3CCN(C(=O)Cc4ccc(C)cc4)CC3)ncn2)cc1. The van der Waals surface area contributed by atoms with Crippen LogP contribution < -0.4 is 9.64 Å². The second-order valence-electron chi connectivity index (χ2n) is 7.75. The third kappa shape index (κ3) is 5.20. The minimum atomic E-state index is 0.182. The molecular formula is C25H28N4O2. The van der Waals surface area contributed by atoms with E-state index in [1.807, 2.05) is 54.3 Å². The Morgan fingerprint density at radius 3 is 2.35 bits per heavy atom. The summed E-state index contributed by atoms with van der Waals surface area (Å²) in [6.07, 6.45) is 2.06. The predicted molar refractivity (Wildman–Crippen MR) is 122 cm³/mol. The molecule has 1 fully saturated rings. The smallest absolute Gasteiger partial charge is 0.227 e. The second-order valence-corrected chi connectivity index (χ2v) is 7.75. The molecule has 6 nitrogen and oxygen atoms in total. The molecule has 0 atom stereocenters. The first-order chi connectivity index (χ1) is 15.1. The molecule has 1 saturated heterocycles. The molecule has 6 heteroatoms. The van der Waals surface area contributed by atoms with Gasteiger partial charge in [-0.3, -0.25) is 4.79 Å². The van der Waals surface area contributed by atoms with Crippen LogP contribution in [0.3, 0.4) is 0 Å². The summed E-state index contributed by atoms with van der Waals surface area (Å²) >= 11 is 0. The highest BCUT2D eigenvalue weighted by Crippen LogP contribution is 2.24. The van der Waals surface area contributed by atoms with Crippen LogP contribution in [0.4, 0.5) is 5.82 Å². The van der Waals surface area contributed by atoms with E-state index in [9.17, 15) is 4.79 Å². The van der Waals surface area contributed by atoms with Crippen LogP contribution in [-0.4, -0.2) is 53.6 Å². The number of ether oxygens (including phenoxy) is 1. The van der Waals surface area contributed by atoms with Gasteiger partial charge in [-0.2, -0.15) is 0 Å². The van der Waals surface area contributed by atoms with Crippen molar-refractivity contribution in [1.82, 2.24) is 14.9 Å². The fourth-order valence-corrected chi connectivity index (χ4v) is 3.74. The van der Waals surface area contributed by atoms with Gasteiger partial charge >= 0.3 is 0 Å². The highest BCUT2D eigenvalue weighted by atomic mass is 16.5. The number of amides is 1. The van der Waals surface area contributed by atoms with Crippen LogP contribution in [-0.2, 0) is 11.2 Å². The average Bonchev–Trinajstić information content (AvgIpc) is 2.81. The van der Waals surface area contributed by atoms with E-state index >= 15 is 0 Å². The summed E-state index contributed by atoms with van der Waals surface area (Å²) in [4.78, 5) is 25.7. The third-order valence-corrected chi connectivity index (χ3v) is 5.55. The molecule has 1 aliphatic rings. The average molecular weight is 417 g/mol. The molecule has 1 aromatic heterocycles. The Morgan fingerprint density at radius 1 is 0.968 bits per heavy atom. The lowest BCUT2D eigenvalue weighted by atomic mass is 10.1. The lowest BCUT2D eigenvalue weighted by Crippen LogP contribution is -2.49. The van der Waals surface area contributed by atoms with Crippen LogP contribution >= 0.6 is 0 Å². The maximum absolute atomic E-state index is 12.7. The fourth-order valence-electron chi connectivity index (χ4n) is 3.74. The Kier molecular flexibility index (Phi) is 6.46. The molecule has 0 radical (unpaired) electrons. The minimum absolute atomic E-state index is 0.182. The standard InChI is InChI=1S/C25H28N4O2/c1-3-31-22-10-8-21(9-11-22)23-17-24(27-18-26-23)28-12-14-29(15-13-28)25(30)16-20-6-4-19(2)5-7-20/h4-11,17-18H,3,12-16H2,1-2H3. The summed E-state index contributed by atoms with van der Waals surface area (Å²) in [7, 11) is 0. The van der Waals surface area contributed by atoms with Crippen LogP contribution in [0.15, 0.2) is 60.9 Å². The summed E-state index contributed by atoms with van der Waals surface area (Å²) in [5, 5.41) is 0. The van der Waals surface area contributed by atoms with Gasteiger partial charge in [-0.25, -0.2) is 9.97 Å². The molecule has 3 aromatic rings. The van der Waals surface area contributed by atoms with Gasteiger partial charge in [0.1, 0.15) is 17.9 Å². The van der Waals surface area contributed by atoms with Gasteiger partial charge in [0, 0.05) is 37.8 Å². The normalized spacial score (nSPS) is 13.9. The molecule has 0 spiro atoms. The van der Waals surface area contributed by atoms with Crippen LogP contribution in [0.2, 0.25) is 0 Å². The van der Waals surface area contributed by atoms with Crippen molar-refractivity contribution in [2.45, 2.75) is 20.3 Å². The quantitative estimate of drug-likeness (QED) is 0.613. The zero-order valence-electron chi connectivity index (χ0n) is 18.1. The molecular weight excluding hydrogens is 388 g/mol. The Morgan fingerprint density at radius 2 is 1.68 bits per heavy atom. The lowest BCUT2D eigenvalue weighted by Gasteiger charge is -2.35. The topological polar surface area (TPSA) is 58.6 Å². The van der Waals surface area contributed by atoms with Gasteiger partial charge in [-0.1, -0.05) is 29.8 Å². The van der Waals surface area contributed by atoms with Gasteiger partial charge in [-0.05, 0) is 43.7 Å². The van der Waals surface area contributed by atoms with Crippen LogP contribution in [0, 0.1) is 6.92 Å². The molecule has 31 heavy (non-hydrogen) atoms. The Bertz CT molecular complexity index is 1010. The third-order valence-electron chi connectivity index (χ3n) is 5.55. The first kappa shape index (κ1) is 20.8. The van der Waals surface area contributed by atoms with Crippen molar-refractivity contribution >= 4 is 11.7 Å². The number of aromatic nitrogens is 2. The summed E-state index contributed by atoms with van der Waals surface area (Å²) in [6, 6.07) is 18.1. The zero-order chi connectivity index (χ0) is 21.6. The van der Waals surface area contributed by atoms with Gasteiger partial charge in [0.25, 0.3) is 0 Å². The molecule has 1 aliphatic heterocycles. The van der Waals surface area contributed by atoms with Crippen molar-refractivity contribution in [3.8, 4) is 17.0 Å². The molecule has 0 aliphatic carbocycles. The molecule has 1 amide bonds. The van der Waals surface area contributed by atoms with E-state index in [1.165, 1.54) is 5.56 Å². The first-order valence-electron chi connectivity index (χ1n) is 10.8. The van der Waals surface area contributed by atoms with Gasteiger partial charge < -0.3 is 14.5 Å². The van der Waals surface area contributed by atoms with Gasteiger partial charge in [0.15, 0.2) is 0 Å². The largest absolute Gasteiger partial charge is 0.494 e.